The zero-order valence-corrected chi connectivity index (χ0v) is 15.2. The molecule has 0 saturated carbocycles. The Kier molecular flexibility index (Phi) is 8.04. The van der Waals surface area contributed by atoms with Crippen molar-refractivity contribution in [1.29, 1.82) is 0 Å². The third-order valence-corrected chi connectivity index (χ3v) is 4.33. The second kappa shape index (κ2) is 9.78. The highest BCUT2D eigenvalue weighted by molar-refractivity contribution is 6.07. The van der Waals surface area contributed by atoms with Crippen molar-refractivity contribution < 1.29 is 44.1 Å². The number of rotatable bonds is 11. The van der Waals surface area contributed by atoms with Gasteiger partial charge in [0.25, 0.3) is 0 Å². The summed E-state index contributed by atoms with van der Waals surface area (Å²) in [5.41, 5.74) is 5.43. The van der Waals surface area contributed by atoms with Crippen LogP contribution in [0.5, 0.6) is 0 Å². The molecule has 0 aromatic carbocycles. The summed E-state index contributed by atoms with van der Waals surface area (Å²) in [7, 11) is 0. The Bertz CT molecular complexity index is 676. The highest BCUT2D eigenvalue weighted by Crippen LogP contribution is 2.25. The summed E-state index contributed by atoms with van der Waals surface area (Å²) in [4.78, 5) is 70.8. The first kappa shape index (κ1) is 23.0. The van der Waals surface area contributed by atoms with E-state index in [4.69, 9.17) is 15.9 Å². The summed E-state index contributed by atoms with van der Waals surface area (Å²) < 4.78 is 0. The number of nitrogens with one attached hydrogen (secondary N) is 1. The quantitative estimate of drug-likeness (QED) is 0.241. The Morgan fingerprint density at radius 2 is 1.79 bits per heavy atom. The van der Waals surface area contributed by atoms with Gasteiger partial charge in [-0.2, -0.15) is 0 Å². The normalized spacial score (nSPS) is 19.6. The summed E-state index contributed by atoms with van der Waals surface area (Å²) in [6, 6.07) is -3.88. The molecule has 12 heteroatoms. The first-order valence-corrected chi connectivity index (χ1v) is 8.52. The molecule has 1 aliphatic heterocycles. The number of ketones is 1. The van der Waals surface area contributed by atoms with E-state index in [2.05, 4.69) is 5.32 Å². The third-order valence-electron chi connectivity index (χ3n) is 4.33. The summed E-state index contributed by atoms with van der Waals surface area (Å²) in [5, 5.41) is 29.1. The first-order valence-electron chi connectivity index (χ1n) is 8.52. The smallest absolute Gasteiger partial charge is 0.327 e. The third kappa shape index (κ3) is 6.01. The number of carboxylic acids is 3. The van der Waals surface area contributed by atoms with E-state index in [1.807, 2.05) is 0 Å². The number of amides is 2. The predicted molar refractivity (Wildman–Crippen MR) is 91.0 cm³/mol. The minimum Gasteiger partial charge on any atom is -0.481 e. The lowest BCUT2D eigenvalue weighted by Gasteiger charge is -2.24. The first-order chi connectivity index (χ1) is 13.0. The second-order valence-electron chi connectivity index (χ2n) is 6.51. The molecule has 0 aromatic heterocycles. The molecule has 6 N–H and O–H groups in total. The van der Waals surface area contributed by atoms with Gasteiger partial charge in [0.1, 0.15) is 12.0 Å². The lowest BCUT2D eigenvalue weighted by atomic mass is 9.93. The number of aliphatic carboxylic acids is 3. The van der Waals surface area contributed by atoms with Gasteiger partial charge in [-0.15, -0.1) is 0 Å². The van der Waals surface area contributed by atoms with E-state index in [1.54, 1.807) is 0 Å². The van der Waals surface area contributed by atoms with Crippen molar-refractivity contribution in [2.24, 2.45) is 11.7 Å². The van der Waals surface area contributed by atoms with Crippen LogP contribution in [-0.2, 0) is 28.8 Å². The molecule has 0 radical (unpaired) electrons. The molecule has 156 valence electrons. The van der Waals surface area contributed by atoms with Crippen molar-refractivity contribution in [1.82, 2.24) is 10.2 Å². The minimum absolute atomic E-state index is 0.0707. The van der Waals surface area contributed by atoms with Gasteiger partial charge in [0, 0.05) is 13.0 Å². The van der Waals surface area contributed by atoms with Gasteiger partial charge in [0.05, 0.1) is 18.5 Å². The molecule has 0 bridgehead atoms. The predicted octanol–water partition coefficient (Wildman–Crippen LogP) is -1.97. The number of carbonyl (C=O) groups excluding carboxylic acids is 3. The lowest BCUT2D eigenvalue weighted by molar-refractivity contribution is -0.154. The topological polar surface area (TPSA) is 204 Å². The minimum atomic E-state index is -1.63. The molecule has 1 aliphatic rings. The Labute approximate surface area is 159 Å². The van der Waals surface area contributed by atoms with Crippen molar-refractivity contribution in [3.8, 4) is 0 Å². The van der Waals surface area contributed by atoms with E-state index in [0.717, 1.165) is 4.90 Å². The molecule has 0 spiro atoms. The van der Waals surface area contributed by atoms with Crippen LogP contribution >= 0.6 is 0 Å². The van der Waals surface area contributed by atoms with Gasteiger partial charge in [0.2, 0.25) is 11.8 Å². The van der Waals surface area contributed by atoms with Gasteiger partial charge in [-0.3, -0.25) is 24.0 Å². The summed E-state index contributed by atoms with van der Waals surface area (Å²) in [5.74, 6) is -7.78. The van der Waals surface area contributed by atoms with Crippen molar-refractivity contribution >= 4 is 35.5 Å². The summed E-state index contributed by atoms with van der Waals surface area (Å²) in [6.07, 6.45) is -1.62. The summed E-state index contributed by atoms with van der Waals surface area (Å²) >= 11 is 0. The Balaban J connectivity index is 2.98. The molecule has 28 heavy (non-hydrogen) atoms. The SMILES string of the molecule is C[C@H](N)C(=O)N[C@@H](CCC(=O)O)C(=O)[C@H]1CCN([C@@H](CC(=O)O)C(=O)O)C1=O. The molecule has 4 atom stereocenters. The van der Waals surface area contributed by atoms with E-state index in [1.165, 1.54) is 6.92 Å². The standard InChI is InChI=1S/C16H23N3O9/c1-7(17)14(25)18-9(2-3-11(20)21)13(24)8-4-5-19(15(8)26)10(16(27)28)6-12(22)23/h7-10H,2-6,17H2,1H3,(H,18,25)(H,20,21)(H,22,23)(H,27,28)/t7-,8+,9-,10-/m0/s1. The number of Topliss-reactive ketones (excluding diaryl/α,β-unsaturated/α-hetero) is 1. The zero-order chi connectivity index (χ0) is 21.6. The fraction of sp³-hybridized carbons (Fsp3) is 0.625. The number of nitrogens with two attached hydrogens (primary N) is 1. The van der Waals surface area contributed by atoms with Crippen LogP contribution < -0.4 is 11.1 Å². The van der Waals surface area contributed by atoms with Crippen molar-refractivity contribution in [3.63, 3.8) is 0 Å². The highest BCUT2D eigenvalue weighted by atomic mass is 16.4. The Hall–Kier alpha value is -3.02. The molecule has 0 aromatic rings. The van der Waals surface area contributed by atoms with Crippen molar-refractivity contribution in [3.05, 3.63) is 0 Å². The van der Waals surface area contributed by atoms with Crippen molar-refractivity contribution in [2.45, 2.75) is 50.7 Å². The number of carbonyl (C=O) groups is 6. The van der Waals surface area contributed by atoms with Gasteiger partial charge >= 0.3 is 17.9 Å². The number of carboxylic acid groups (broad SMARTS) is 3. The number of hydrogen-bond acceptors (Lipinski definition) is 7. The largest absolute Gasteiger partial charge is 0.481 e. The van der Waals surface area contributed by atoms with Gasteiger partial charge in [-0.05, 0) is 19.8 Å². The molecule has 12 nitrogen and oxygen atoms in total. The van der Waals surface area contributed by atoms with Gasteiger partial charge < -0.3 is 31.3 Å². The average molecular weight is 401 g/mol. The number of likely N-dealkylation sites (tertiary alicyclic amines) is 1. The van der Waals surface area contributed by atoms with Crippen molar-refractivity contribution in [2.75, 3.05) is 6.54 Å². The molecule has 0 unspecified atom stereocenters. The molecule has 1 saturated heterocycles. The van der Waals surface area contributed by atoms with E-state index >= 15 is 0 Å². The van der Waals surface area contributed by atoms with E-state index in [-0.39, 0.29) is 19.4 Å². The second-order valence-corrected chi connectivity index (χ2v) is 6.51. The van der Waals surface area contributed by atoms with E-state index < -0.39 is 72.4 Å². The van der Waals surface area contributed by atoms with Crippen LogP contribution in [0.1, 0.15) is 32.6 Å². The zero-order valence-electron chi connectivity index (χ0n) is 15.2. The number of hydrogen-bond donors (Lipinski definition) is 5. The van der Waals surface area contributed by atoms with Crippen LogP contribution in [0.25, 0.3) is 0 Å². The fourth-order valence-corrected chi connectivity index (χ4v) is 2.87. The van der Waals surface area contributed by atoms with Crippen LogP contribution in [0, 0.1) is 5.92 Å². The van der Waals surface area contributed by atoms with Gasteiger partial charge in [-0.25, -0.2) is 4.79 Å². The fourth-order valence-electron chi connectivity index (χ4n) is 2.87. The molecular weight excluding hydrogens is 378 g/mol. The highest BCUT2D eigenvalue weighted by Gasteiger charge is 2.44. The van der Waals surface area contributed by atoms with Crippen LogP contribution in [0.3, 0.4) is 0 Å². The maximum Gasteiger partial charge on any atom is 0.327 e. The molecule has 2 amide bonds. The van der Waals surface area contributed by atoms with Crippen LogP contribution in [0.2, 0.25) is 0 Å². The van der Waals surface area contributed by atoms with Crippen LogP contribution in [0.15, 0.2) is 0 Å². The average Bonchev–Trinajstić information content (AvgIpc) is 2.96. The molecule has 1 fully saturated rings. The van der Waals surface area contributed by atoms with E-state index in [0.29, 0.717) is 0 Å². The monoisotopic (exact) mass is 401 g/mol. The molecule has 0 aliphatic carbocycles. The molecule has 1 rings (SSSR count). The molecular formula is C16H23N3O9. The van der Waals surface area contributed by atoms with Crippen LogP contribution in [0.4, 0.5) is 0 Å². The maximum atomic E-state index is 12.7. The van der Waals surface area contributed by atoms with Gasteiger partial charge in [0.15, 0.2) is 5.78 Å². The lowest BCUT2D eigenvalue weighted by Crippen LogP contribution is -2.51. The Morgan fingerprint density at radius 1 is 1.18 bits per heavy atom. The maximum absolute atomic E-state index is 12.7. The number of nitrogens with zero attached hydrogens (tertiary/aromatic N) is 1. The summed E-state index contributed by atoms with van der Waals surface area (Å²) in [6.45, 7) is 1.21. The Morgan fingerprint density at radius 3 is 2.25 bits per heavy atom. The van der Waals surface area contributed by atoms with Crippen LogP contribution in [-0.4, -0.2) is 80.4 Å². The molecule has 1 heterocycles. The van der Waals surface area contributed by atoms with Gasteiger partial charge in [-0.1, -0.05) is 0 Å². The van der Waals surface area contributed by atoms with E-state index in [9.17, 15) is 33.9 Å².